The predicted molar refractivity (Wildman–Crippen MR) is 72.9 cm³/mol. The number of furan rings is 1. The number of nitrogens with zero attached hydrogens (tertiary/aromatic N) is 1. The van der Waals surface area contributed by atoms with Crippen molar-refractivity contribution in [2.24, 2.45) is 0 Å². The maximum absolute atomic E-state index is 5.47. The fourth-order valence-electron chi connectivity index (χ4n) is 1.49. The number of aromatic nitrogens is 1. The largest absolute Gasteiger partial charge is 0.446 e. The van der Waals surface area contributed by atoms with Crippen molar-refractivity contribution in [3.63, 3.8) is 0 Å². The zero-order valence-electron chi connectivity index (χ0n) is 8.31. The van der Waals surface area contributed by atoms with Gasteiger partial charge < -0.3 is 8.94 Å². The van der Waals surface area contributed by atoms with Crippen LogP contribution in [0.15, 0.2) is 47.9 Å². The van der Waals surface area contributed by atoms with E-state index in [1.807, 2.05) is 24.3 Å². The molecule has 0 bridgehead atoms. The van der Waals surface area contributed by atoms with Crippen LogP contribution >= 0.6 is 43.2 Å². The minimum absolute atomic E-state index is 0.644. The van der Waals surface area contributed by atoms with Gasteiger partial charge >= 0.3 is 0 Å². The second-order valence-electron chi connectivity index (χ2n) is 3.28. The molecule has 0 N–H and O–H groups in total. The van der Waals surface area contributed by atoms with Gasteiger partial charge in [0.05, 0.1) is 15.5 Å². The van der Waals surface area contributed by atoms with Crippen LogP contribution in [-0.4, -0.2) is 5.16 Å². The van der Waals surface area contributed by atoms with Crippen LogP contribution in [0.2, 0.25) is 0 Å². The topological polar surface area (TPSA) is 39.2 Å². The van der Waals surface area contributed by atoms with Crippen molar-refractivity contribution in [3.8, 4) is 22.0 Å². The first kappa shape index (κ1) is 11.3. The van der Waals surface area contributed by atoms with Crippen LogP contribution in [0, 0.1) is 0 Å². The van der Waals surface area contributed by atoms with Crippen molar-refractivity contribution in [2.45, 2.75) is 0 Å². The van der Waals surface area contributed by atoms with Gasteiger partial charge in [-0.05, 0) is 56.1 Å². The second kappa shape index (κ2) is 4.44. The maximum Gasteiger partial charge on any atom is 0.210 e. The lowest BCUT2D eigenvalue weighted by Crippen LogP contribution is -1.72. The van der Waals surface area contributed by atoms with Gasteiger partial charge in [0.2, 0.25) is 5.76 Å². The molecule has 3 rings (SSSR count). The highest BCUT2D eigenvalue weighted by atomic mass is 79.9. The fourth-order valence-corrected chi connectivity index (χ4v) is 3.19. The minimum atomic E-state index is 0.644. The molecule has 3 nitrogen and oxygen atoms in total. The smallest absolute Gasteiger partial charge is 0.210 e. The monoisotopic (exact) mass is 373 g/mol. The molecule has 0 amide bonds. The molecular weight excluding hydrogens is 370 g/mol. The molecule has 0 fully saturated rings. The van der Waals surface area contributed by atoms with Crippen molar-refractivity contribution in [3.05, 3.63) is 38.9 Å². The fraction of sp³-hybridized carbons (Fsp3) is 0. The molecule has 0 aliphatic rings. The molecule has 0 aliphatic carbocycles. The van der Waals surface area contributed by atoms with Crippen LogP contribution in [-0.2, 0) is 0 Å². The summed E-state index contributed by atoms with van der Waals surface area (Å²) >= 11 is 8.33. The van der Waals surface area contributed by atoms with Crippen molar-refractivity contribution in [1.82, 2.24) is 5.16 Å². The van der Waals surface area contributed by atoms with E-state index in [1.54, 1.807) is 17.5 Å². The summed E-state index contributed by atoms with van der Waals surface area (Å²) in [5.74, 6) is 1.30. The first-order valence-electron chi connectivity index (χ1n) is 4.70. The van der Waals surface area contributed by atoms with Crippen molar-refractivity contribution in [2.75, 3.05) is 0 Å². The average Bonchev–Trinajstić information content (AvgIpc) is 2.96. The molecule has 3 aromatic heterocycles. The summed E-state index contributed by atoms with van der Waals surface area (Å²) in [4.78, 5) is 1.08. The highest BCUT2D eigenvalue weighted by molar-refractivity contribution is 9.11. The van der Waals surface area contributed by atoms with E-state index in [-0.39, 0.29) is 0 Å². The molecule has 3 aromatic rings. The minimum Gasteiger partial charge on any atom is -0.446 e. The number of hydrogen-bond donors (Lipinski definition) is 0. The molecule has 0 aromatic carbocycles. The Hall–Kier alpha value is -0.850. The summed E-state index contributed by atoms with van der Waals surface area (Å²) in [5.41, 5.74) is 0.933. The zero-order valence-corrected chi connectivity index (χ0v) is 12.3. The number of rotatable bonds is 2. The van der Waals surface area contributed by atoms with Gasteiger partial charge in [-0.25, -0.2) is 0 Å². The van der Waals surface area contributed by atoms with E-state index in [1.165, 1.54) is 0 Å². The van der Waals surface area contributed by atoms with E-state index in [0.29, 0.717) is 16.2 Å². The van der Waals surface area contributed by atoms with Crippen LogP contribution in [0.3, 0.4) is 0 Å². The van der Waals surface area contributed by atoms with Crippen LogP contribution in [0.5, 0.6) is 0 Å². The van der Waals surface area contributed by atoms with E-state index in [0.717, 1.165) is 14.2 Å². The van der Waals surface area contributed by atoms with Gasteiger partial charge in [0.1, 0.15) is 0 Å². The van der Waals surface area contributed by atoms with E-state index in [4.69, 9.17) is 8.94 Å². The highest BCUT2D eigenvalue weighted by Crippen LogP contribution is 2.38. The van der Waals surface area contributed by atoms with Gasteiger partial charge in [-0.15, -0.1) is 11.3 Å². The second-order valence-corrected chi connectivity index (χ2v) is 6.52. The number of thiophene rings is 1. The Morgan fingerprint density at radius 2 is 2.00 bits per heavy atom. The maximum atomic E-state index is 5.47. The summed E-state index contributed by atoms with van der Waals surface area (Å²) in [6.45, 7) is 0. The lowest BCUT2D eigenvalue weighted by Gasteiger charge is -1.94. The van der Waals surface area contributed by atoms with Crippen LogP contribution in [0.25, 0.3) is 22.0 Å². The summed E-state index contributed by atoms with van der Waals surface area (Å²) in [5, 5.41) is 3.83. The molecule has 0 spiro atoms. The van der Waals surface area contributed by atoms with E-state index in [2.05, 4.69) is 37.0 Å². The Morgan fingerprint density at radius 1 is 1.12 bits per heavy atom. The van der Waals surface area contributed by atoms with E-state index in [9.17, 15) is 0 Å². The van der Waals surface area contributed by atoms with Crippen molar-refractivity contribution < 1.29 is 8.94 Å². The Morgan fingerprint density at radius 3 is 2.65 bits per heavy atom. The van der Waals surface area contributed by atoms with E-state index < -0.39 is 0 Å². The van der Waals surface area contributed by atoms with Gasteiger partial charge in [-0.2, -0.15) is 0 Å². The van der Waals surface area contributed by atoms with E-state index >= 15 is 0 Å². The summed E-state index contributed by atoms with van der Waals surface area (Å²) in [7, 11) is 0. The van der Waals surface area contributed by atoms with Crippen molar-refractivity contribution >= 4 is 43.2 Å². The average molecular weight is 375 g/mol. The molecule has 0 radical (unpaired) electrons. The first-order valence-corrected chi connectivity index (χ1v) is 7.10. The van der Waals surface area contributed by atoms with Gasteiger partial charge in [-0.3, -0.25) is 0 Å². The number of halogens is 2. The summed E-state index contributed by atoms with van der Waals surface area (Å²) < 4.78 is 12.5. The summed E-state index contributed by atoms with van der Waals surface area (Å²) in [6.07, 6.45) is 1.70. The Bertz CT molecular complexity index is 601. The van der Waals surface area contributed by atoms with Crippen molar-refractivity contribution in [1.29, 1.82) is 0 Å². The van der Waals surface area contributed by atoms with Gasteiger partial charge in [0.25, 0.3) is 0 Å². The molecule has 3 heterocycles. The lowest BCUT2D eigenvalue weighted by molar-refractivity contribution is 0.416. The molecule has 17 heavy (non-hydrogen) atoms. The molecule has 6 heteroatoms. The molecule has 0 atom stereocenters. The highest BCUT2D eigenvalue weighted by Gasteiger charge is 2.17. The predicted octanol–water partition coefficient (Wildman–Crippen LogP) is 5.19. The molecule has 0 saturated heterocycles. The Labute approximate surface area is 118 Å². The first-order chi connectivity index (χ1) is 8.24. The zero-order chi connectivity index (χ0) is 11.8. The van der Waals surface area contributed by atoms with Gasteiger partial charge in [-0.1, -0.05) is 5.16 Å². The SMILES string of the molecule is Brc1ccc(-c2oncc2-c2ccc(Br)s2)o1. The van der Waals surface area contributed by atoms with Crippen LogP contribution < -0.4 is 0 Å². The Kier molecular flexibility index (Phi) is 2.94. The van der Waals surface area contributed by atoms with Crippen LogP contribution in [0.1, 0.15) is 0 Å². The third-order valence-electron chi connectivity index (χ3n) is 2.21. The normalized spacial score (nSPS) is 10.9. The van der Waals surface area contributed by atoms with Gasteiger partial charge in [0, 0.05) is 4.88 Å². The summed E-state index contributed by atoms with van der Waals surface area (Å²) in [6, 6.07) is 7.68. The van der Waals surface area contributed by atoms with Gasteiger partial charge in [0.15, 0.2) is 10.4 Å². The number of hydrogen-bond acceptors (Lipinski definition) is 4. The molecular formula is C11H5Br2NO2S. The standard InChI is InChI=1S/C11H5Br2NO2S/c12-9-3-1-7(15-9)11-6(5-14-16-11)8-2-4-10(13)17-8/h1-5H. The Balaban J connectivity index is 2.11. The van der Waals surface area contributed by atoms with Crippen LogP contribution in [0.4, 0.5) is 0 Å². The molecule has 0 unspecified atom stereocenters. The molecule has 0 saturated carbocycles. The lowest BCUT2D eigenvalue weighted by atomic mass is 10.2. The molecule has 86 valence electrons. The quantitative estimate of drug-likeness (QED) is 0.619. The third kappa shape index (κ3) is 2.12. The molecule has 0 aliphatic heterocycles. The third-order valence-corrected chi connectivity index (χ3v) is 4.29.